The van der Waals surface area contributed by atoms with E-state index in [4.69, 9.17) is 4.74 Å². The van der Waals surface area contributed by atoms with Crippen LogP contribution in [0.15, 0.2) is 94.7 Å². The van der Waals surface area contributed by atoms with E-state index in [2.05, 4.69) is 39.6 Å². The van der Waals surface area contributed by atoms with Crippen molar-refractivity contribution in [1.82, 2.24) is 15.4 Å². The molecule has 5 aromatic rings. The Kier molecular flexibility index (Phi) is 7.78. The summed E-state index contributed by atoms with van der Waals surface area (Å²) in [7, 11) is 0. The fourth-order valence-electron chi connectivity index (χ4n) is 3.53. The molecule has 2 aromatic heterocycles. The number of nitrogens with one attached hydrogen (secondary N) is 1. The highest BCUT2D eigenvalue weighted by Crippen LogP contribution is 2.25. The Bertz CT molecular complexity index is 1510. The number of rotatable bonds is 9. The Morgan fingerprint density at radius 2 is 1.59 bits per heavy atom. The fraction of sp³-hybridized carbons (Fsp3) is 0.103. The summed E-state index contributed by atoms with van der Waals surface area (Å²) in [4.78, 5) is 21.6. The molecule has 1 amide bonds. The molecule has 0 radical (unpaired) electrons. The van der Waals surface area contributed by atoms with Crippen molar-refractivity contribution >= 4 is 34.8 Å². The van der Waals surface area contributed by atoms with E-state index >= 15 is 0 Å². The zero-order chi connectivity index (χ0) is 25.5. The van der Waals surface area contributed by atoms with Gasteiger partial charge in [-0.1, -0.05) is 72.3 Å². The average molecular weight is 525 g/mol. The van der Waals surface area contributed by atoms with Crippen LogP contribution < -0.4 is 10.2 Å². The predicted octanol–water partition coefficient (Wildman–Crippen LogP) is 6.51. The van der Waals surface area contributed by atoms with Crippen molar-refractivity contribution < 1.29 is 9.53 Å². The Hall–Kier alpha value is -4.14. The molecular weight excluding hydrogens is 500 g/mol. The van der Waals surface area contributed by atoms with Gasteiger partial charge in [0.2, 0.25) is 5.91 Å². The first-order chi connectivity index (χ1) is 18.1. The van der Waals surface area contributed by atoms with Crippen LogP contribution in [0.1, 0.15) is 22.5 Å². The maximum Gasteiger partial charge on any atom is 0.246 e. The van der Waals surface area contributed by atoms with Crippen LogP contribution >= 0.6 is 22.7 Å². The van der Waals surface area contributed by atoms with Crippen molar-refractivity contribution in [1.29, 1.82) is 0 Å². The van der Waals surface area contributed by atoms with Crippen LogP contribution in [0, 0.1) is 6.92 Å². The van der Waals surface area contributed by atoms with Crippen LogP contribution in [0.25, 0.3) is 21.1 Å². The summed E-state index contributed by atoms with van der Waals surface area (Å²) in [5, 5.41) is 9.88. The lowest BCUT2D eigenvalue weighted by atomic mass is 10.2. The Labute approximate surface area is 223 Å². The highest BCUT2D eigenvalue weighted by molar-refractivity contribution is 7.13. The SMILES string of the molecule is Cc1ccc(-c2nc(CC(=O)N/N=C/c3cccc(OCc4csc(-c5ccccc5)n4)c3)cs2)cc1. The van der Waals surface area contributed by atoms with E-state index in [-0.39, 0.29) is 12.3 Å². The van der Waals surface area contributed by atoms with Gasteiger partial charge in [0.1, 0.15) is 22.4 Å². The molecule has 0 aliphatic heterocycles. The summed E-state index contributed by atoms with van der Waals surface area (Å²) in [6.07, 6.45) is 1.77. The van der Waals surface area contributed by atoms with Gasteiger partial charge in [0.05, 0.1) is 24.0 Å². The Balaban J connectivity index is 1.12. The highest BCUT2D eigenvalue weighted by atomic mass is 32.1. The molecule has 3 aromatic carbocycles. The van der Waals surface area contributed by atoms with E-state index in [1.165, 1.54) is 16.9 Å². The number of thiazole rings is 2. The smallest absolute Gasteiger partial charge is 0.246 e. The van der Waals surface area contributed by atoms with Crippen LogP contribution in [0.2, 0.25) is 0 Å². The molecule has 0 atom stereocenters. The molecule has 0 bridgehead atoms. The summed E-state index contributed by atoms with van der Waals surface area (Å²) in [6, 6.07) is 25.8. The molecule has 8 heteroatoms. The second kappa shape index (κ2) is 11.7. The van der Waals surface area contributed by atoms with Gasteiger partial charge in [0.15, 0.2) is 0 Å². The van der Waals surface area contributed by atoms with Crippen LogP contribution in [0.5, 0.6) is 5.75 Å². The number of carbonyl (C=O) groups is 1. The first kappa shape index (κ1) is 24.5. The van der Waals surface area contributed by atoms with Gasteiger partial charge in [-0.25, -0.2) is 15.4 Å². The molecule has 0 fully saturated rings. The third kappa shape index (κ3) is 6.75. The maximum absolute atomic E-state index is 12.3. The first-order valence-electron chi connectivity index (χ1n) is 11.7. The lowest BCUT2D eigenvalue weighted by molar-refractivity contribution is -0.120. The monoisotopic (exact) mass is 524 g/mol. The number of aromatic nitrogens is 2. The second-order valence-electron chi connectivity index (χ2n) is 8.35. The van der Waals surface area contributed by atoms with Crippen LogP contribution in [-0.4, -0.2) is 22.1 Å². The number of amides is 1. The van der Waals surface area contributed by atoms with E-state index in [0.29, 0.717) is 12.4 Å². The maximum atomic E-state index is 12.3. The minimum absolute atomic E-state index is 0.168. The van der Waals surface area contributed by atoms with Gasteiger partial charge in [-0.3, -0.25) is 4.79 Å². The molecule has 0 aliphatic rings. The summed E-state index contributed by atoms with van der Waals surface area (Å²) in [5.74, 6) is 0.484. The van der Waals surface area contributed by atoms with E-state index in [1.54, 1.807) is 17.6 Å². The van der Waals surface area contributed by atoms with Gasteiger partial charge in [0, 0.05) is 21.9 Å². The largest absolute Gasteiger partial charge is 0.487 e. The summed E-state index contributed by atoms with van der Waals surface area (Å²) < 4.78 is 5.92. The van der Waals surface area contributed by atoms with Gasteiger partial charge >= 0.3 is 0 Å². The average Bonchev–Trinajstić information content (AvgIpc) is 3.59. The lowest BCUT2D eigenvalue weighted by Gasteiger charge is -2.05. The normalized spacial score (nSPS) is 11.1. The van der Waals surface area contributed by atoms with E-state index in [1.807, 2.05) is 77.5 Å². The van der Waals surface area contributed by atoms with Crippen LogP contribution in [0.3, 0.4) is 0 Å². The molecule has 0 spiro atoms. The lowest BCUT2D eigenvalue weighted by Crippen LogP contribution is -2.19. The summed E-state index contributed by atoms with van der Waals surface area (Å²) >= 11 is 3.13. The first-order valence-corrected chi connectivity index (χ1v) is 13.4. The van der Waals surface area contributed by atoms with Crippen LogP contribution in [0.4, 0.5) is 0 Å². The zero-order valence-electron chi connectivity index (χ0n) is 20.1. The van der Waals surface area contributed by atoms with Crippen LogP contribution in [-0.2, 0) is 17.8 Å². The topological polar surface area (TPSA) is 76.5 Å². The van der Waals surface area contributed by atoms with Crippen molar-refractivity contribution in [3.8, 4) is 26.9 Å². The van der Waals surface area contributed by atoms with Gasteiger partial charge in [0.25, 0.3) is 0 Å². The van der Waals surface area contributed by atoms with Crippen molar-refractivity contribution in [2.75, 3.05) is 0 Å². The number of nitrogens with zero attached hydrogens (tertiary/aromatic N) is 3. The predicted molar refractivity (Wildman–Crippen MR) is 150 cm³/mol. The number of hydrazone groups is 1. The molecular formula is C29H24N4O2S2. The van der Waals surface area contributed by atoms with Crippen molar-refractivity contribution in [2.24, 2.45) is 5.10 Å². The fourth-order valence-corrected chi connectivity index (χ4v) is 5.16. The minimum Gasteiger partial charge on any atom is -0.487 e. The molecule has 37 heavy (non-hydrogen) atoms. The molecule has 5 rings (SSSR count). The molecule has 0 aliphatic carbocycles. The number of aryl methyl sites for hydroxylation is 1. The third-order valence-corrected chi connectivity index (χ3v) is 7.29. The number of benzene rings is 3. The van der Waals surface area contributed by atoms with Crippen molar-refractivity contribution in [3.05, 3.63) is 112 Å². The van der Waals surface area contributed by atoms with Gasteiger partial charge < -0.3 is 4.74 Å². The number of ether oxygens (including phenoxy) is 1. The Morgan fingerprint density at radius 1 is 0.892 bits per heavy atom. The van der Waals surface area contributed by atoms with Crippen molar-refractivity contribution in [2.45, 2.75) is 20.0 Å². The molecule has 1 N–H and O–H groups in total. The van der Waals surface area contributed by atoms with Crippen molar-refractivity contribution in [3.63, 3.8) is 0 Å². The molecule has 184 valence electrons. The van der Waals surface area contributed by atoms with E-state index in [9.17, 15) is 4.79 Å². The van der Waals surface area contributed by atoms with E-state index < -0.39 is 0 Å². The van der Waals surface area contributed by atoms with Gasteiger partial charge in [-0.2, -0.15) is 5.10 Å². The summed E-state index contributed by atoms with van der Waals surface area (Å²) in [6.45, 7) is 2.42. The standard InChI is InChI=1S/C29H24N4O2S2/c1-20-10-12-23(13-11-20)29-31-24(18-36-29)15-27(34)33-30-16-21-6-5-9-26(14-21)35-17-25-19-37-28(32-25)22-7-3-2-4-8-22/h2-14,16,18-19H,15,17H2,1H3,(H,33,34)/b30-16+. The quantitative estimate of drug-likeness (QED) is 0.176. The molecule has 0 saturated carbocycles. The second-order valence-corrected chi connectivity index (χ2v) is 10.1. The number of hydrogen-bond donors (Lipinski definition) is 1. The number of carbonyl (C=O) groups excluding carboxylic acids is 1. The number of hydrogen-bond acceptors (Lipinski definition) is 7. The minimum atomic E-state index is -0.220. The summed E-state index contributed by atoms with van der Waals surface area (Å²) in [5.41, 5.74) is 8.34. The highest BCUT2D eigenvalue weighted by Gasteiger charge is 2.09. The third-order valence-electron chi connectivity index (χ3n) is 5.41. The zero-order valence-corrected chi connectivity index (χ0v) is 21.8. The van der Waals surface area contributed by atoms with Gasteiger partial charge in [-0.15, -0.1) is 22.7 Å². The molecule has 6 nitrogen and oxygen atoms in total. The van der Waals surface area contributed by atoms with E-state index in [0.717, 1.165) is 38.1 Å². The molecule has 2 heterocycles. The molecule has 0 unspecified atom stereocenters. The Morgan fingerprint density at radius 3 is 2.38 bits per heavy atom. The molecule has 0 saturated heterocycles. The van der Waals surface area contributed by atoms with Gasteiger partial charge in [-0.05, 0) is 24.6 Å².